The highest BCUT2D eigenvalue weighted by atomic mass is 15.3. The van der Waals surface area contributed by atoms with Gasteiger partial charge in [0.25, 0.3) is 0 Å². The molecule has 0 saturated carbocycles. The number of hydrogen-bond acceptors (Lipinski definition) is 4. The third kappa shape index (κ3) is 3.17. The smallest absolute Gasteiger partial charge is 0.0287 e. The minimum Gasteiger partial charge on any atom is -0.329 e. The Morgan fingerprint density at radius 1 is 0.625 bits per heavy atom. The zero-order valence-corrected chi connectivity index (χ0v) is 11.8. The lowest BCUT2D eigenvalue weighted by atomic mass is 9.85. The third-order valence-electron chi connectivity index (χ3n) is 3.31. The number of nitrogens with zero attached hydrogens (tertiary/aromatic N) is 1. The Kier molecular flexibility index (Phi) is 4.95. The molecule has 98 valence electrons. The Morgan fingerprint density at radius 2 is 0.812 bits per heavy atom. The molecular weight excluding hydrogens is 200 g/mol. The van der Waals surface area contributed by atoms with Gasteiger partial charge in [-0.05, 0) is 41.5 Å². The van der Waals surface area contributed by atoms with E-state index >= 15 is 0 Å². The van der Waals surface area contributed by atoms with E-state index in [-0.39, 0.29) is 16.6 Å². The minimum absolute atomic E-state index is 0.119. The molecular formula is C12H30N4. The molecule has 0 aliphatic carbocycles. The van der Waals surface area contributed by atoms with E-state index < -0.39 is 0 Å². The quantitative estimate of drug-likeness (QED) is 0.621. The van der Waals surface area contributed by atoms with Crippen LogP contribution in [-0.2, 0) is 0 Å². The molecule has 0 atom stereocenters. The molecule has 0 aromatic carbocycles. The van der Waals surface area contributed by atoms with Gasteiger partial charge in [0.05, 0.1) is 0 Å². The Balaban J connectivity index is 5.40. The highest BCUT2D eigenvalue weighted by Crippen LogP contribution is 2.32. The average Bonchev–Trinajstić information content (AvgIpc) is 2.16. The summed E-state index contributed by atoms with van der Waals surface area (Å²) in [6.07, 6.45) is 0. The summed E-state index contributed by atoms with van der Waals surface area (Å²) in [5.74, 6) is 0. The van der Waals surface area contributed by atoms with Crippen LogP contribution in [0.1, 0.15) is 41.5 Å². The van der Waals surface area contributed by atoms with Crippen LogP contribution >= 0.6 is 0 Å². The molecule has 0 aliphatic heterocycles. The first kappa shape index (κ1) is 15.8. The molecule has 0 aromatic heterocycles. The Morgan fingerprint density at radius 3 is 0.938 bits per heavy atom. The Bertz CT molecular complexity index is 183. The summed E-state index contributed by atoms with van der Waals surface area (Å²) in [4.78, 5) is 2.35. The van der Waals surface area contributed by atoms with E-state index in [1.54, 1.807) is 0 Å². The molecule has 0 amide bonds. The Hall–Kier alpha value is -0.160. The van der Waals surface area contributed by atoms with Gasteiger partial charge >= 0.3 is 0 Å². The van der Waals surface area contributed by atoms with Crippen LogP contribution in [0.25, 0.3) is 0 Å². The zero-order chi connectivity index (χ0) is 13.2. The van der Waals surface area contributed by atoms with Gasteiger partial charge in [-0.25, -0.2) is 0 Å². The molecule has 0 aliphatic rings. The minimum atomic E-state index is -0.119. The summed E-state index contributed by atoms with van der Waals surface area (Å²) >= 11 is 0. The molecule has 0 aromatic rings. The van der Waals surface area contributed by atoms with Crippen molar-refractivity contribution in [2.45, 2.75) is 58.2 Å². The molecule has 6 N–H and O–H groups in total. The predicted molar refractivity (Wildman–Crippen MR) is 71.2 cm³/mol. The second-order valence-corrected chi connectivity index (χ2v) is 6.39. The van der Waals surface area contributed by atoms with E-state index in [1.807, 2.05) is 0 Å². The first-order valence-corrected chi connectivity index (χ1v) is 5.96. The summed E-state index contributed by atoms with van der Waals surface area (Å²) in [7, 11) is 0. The second-order valence-electron chi connectivity index (χ2n) is 6.39. The molecule has 0 fully saturated rings. The standard InChI is InChI=1S/C12H30N4/c1-10(2,7-13)16(11(3,4)8-14)12(5,6)9-15/h7-9,13-15H2,1-6H3. The van der Waals surface area contributed by atoms with E-state index in [0.29, 0.717) is 19.6 Å². The van der Waals surface area contributed by atoms with Crippen LogP contribution in [0.15, 0.2) is 0 Å². The maximum absolute atomic E-state index is 5.89. The van der Waals surface area contributed by atoms with Crippen molar-refractivity contribution in [2.75, 3.05) is 19.6 Å². The van der Waals surface area contributed by atoms with Gasteiger partial charge in [0.2, 0.25) is 0 Å². The lowest BCUT2D eigenvalue weighted by Crippen LogP contribution is -2.70. The summed E-state index contributed by atoms with van der Waals surface area (Å²) in [5, 5.41) is 0. The van der Waals surface area contributed by atoms with Gasteiger partial charge in [0.1, 0.15) is 0 Å². The van der Waals surface area contributed by atoms with Crippen molar-refractivity contribution in [3.63, 3.8) is 0 Å². The zero-order valence-electron chi connectivity index (χ0n) is 11.8. The second kappa shape index (κ2) is 5.00. The normalized spacial score (nSPS) is 14.6. The number of rotatable bonds is 6. The number of nitrogens with two attached hydrogens (primary N) is 3. The highest BCUT2D eigenvalue weighted by molar-refractivity contribution is 5.02. The van der Waals surface area contributed by atoms with E-state index in [1.165, 1.54) is 0 Å². The van der Waals surface area contributed by atoms with Gasteiger partial charge < -0.3 is 17.2 Å². The van der Waals surface area contributed by atoms with Crippen LogP contribution in [0.4, 0.5) is 0 Å². The van der Waals surface area contributed by atoms with Crippen LogP contribution in [0, 0.1) is 0 Å². The van der Waals surface area contributed by atoms with Crippen LogP contribution in [0.5, 0.6) is 0 Å². The van der Waals surface area contributed by atoms with Gasteiger partial charge in [-0.2, -0.15) is 0 Å². The summed E-state index contributed by atoms with van der Waals surface area (Å²) in [6.45, 7) is 14.6. The molecule has 4 nitrogen and oxygen atoms in total. The van der Waals surface area contributed by atoms with E-state index in [9.17, 15) is 0 Å². The Labute approximate surface area is 101 Å². The molecule has 0 rings (SSSR count). The summed E-state index contributed by atoms with van der Waals surface area (Å²) in [5.41, 5.74) is 17.3. The molecule has 16 heavy (non-hydrogen) atoms. The van der Waals surface area contributed by atoms with Crippen molar-refractivity contribution in [2.24, 2.45) is 17.2 Å². The maximum Gasteiger partial charge on any atom is 0.0287 e. The van der Waals surface area contributed by atoms with Gasteiger partial charge in [-0.15, -0.1) is 0 Å². The molecule has 0 radical (unpaired) electrons. The average molecular weight is 230 g/mol. The van der Waals surface area contributed by atoms with Crippen LogP contribution in [0.3, 0.4) is 0 Å². The van der Waals surface area contributed by atoms with E-state index in [0.717, 1.165) is 0 Å². The molecule has 0 heterocycles. The molecule has 0 spiro atoms. The largest absolute Gasteiger partial charge is 0.329 e. The van der Waals surface area contributed by atoms with Gasteiger partial charge in [0, 0.05) is 36.3 Å². The van der Waals surface area contributed by atoms with Crippen molar-refractivity contribution in [3.8, 4) is 0 Å². The molecule has 0 saturated heterocycles. The van der Waals surface area contributed by atoms with Crippen LogP contribution in [-0.4, -0.2) is 41.2 Å². The molecule has 4 heteroatoms. The van der Waals surface area contributed by atoms with Gasteiger partial charge in [-0.3, -0.25) is 4.90 Å². The lowest BCUT2D eigenvalue weighted by Gasteiger charge is -2.56. The fourth-order valence-corrected chi connectivity index (χ4v) is 2.73. The lowest BCUT2D eigenvalue weighted by molar-refractivity contribution is -0.0534. The SMILES string of the molecule is CC(C)(CN)N(C(C)(C)CN)C(C)(C)CN. The summed E-state index contributed by atoms with van der Waals surface area (Å²) in [6, 6.07) is 0. The van der Waals surface area contributed by atoms with Crippen molar-refractivity contribution >= 4 is 0 Å². The molecule has 0 unspecified atom stereocenters. The fourth-order valence-electron chi connectivity index (χ4n) is 2.73. The first-order valence-electron chi connectivity index (χ1n) is 5.96. The third-order valence-corrected chi connectivity index (χ3v) is 3.31. The molecule has 0 bridgehead atoms. The van der Waals surface area contributed by atoms with Crippen molar-refractivity contribution in [1.82, 2.24) is 4.90 Å². The predicted octanol–water partition coefficient (Wildman–Crippen LogP) is 0.500. The van der Waals surface area contributed by atoms with Crippen molar-refractivity contribution < 1.29 is 0 Å². The fraction of sp³-hybridized carbons (Fsp3) is 1.00. The van der Waals surface area contributed by atoms with E-state index in [4.69, 9.17) is 17.2 Å². The van der Waals surface area contributed by atoms with Crippen LogP contribution in [0.2, 0.25) is 0 Å². The van der Waals surface area contributed by atoms with Gasteiger partial charge in [-0.1, -0.05) is 0 Å². The van der Waals surface area contributed by atoms with Crippen molar-refractivity contribution in [1.29, 1.82) is 0 Å². The van der Waals surface area contributed by atoms with Gasteiger partial charge in [0.15, 0.2) is 0 Å². The highest BCUT2D eigenvalue weighted by Gasteiger charge is 2.44. The van der Waals surface area contributed by atoms with Crippen molar-refractivity contribution in [3.05, 3.63) is 0 Å². The van der Waals surface area contributed by atoms with Crippen LogP contribution < -0.4 is 17.2 Å². The number of hydrogen-bond donors (Lipinski definition) is 3. The maximum atomic E-state index is 5.89. The summed E-state index contributed by atoms with van der Waals surface area (Å²) < 4.78 is 0. The first-order chi connectivity index (χ1) is 7.05. The monoisotopic (exact) mass is 230 g/mol. The van der Waals surface area contributed by atoms with E-state index in [2.05, 4.69) is 46.4 Å². The topological polar surface area (TPSA) is 81.3 Å².